The molecule has 21 aliphatic heterocycles. The van der Waals surface area contributed by atoms with Crippen LogP contribution < -0.4 is 0 Å². The van der Waals surface area contributed by atoms with Crippen molar-refractivity contribution in [3.8, 4) is 0 Å². The number of hydrogen-bond donors (Lipinski definition) is 21. The minimum Gasteiger partial charge on any atom is -0.412 e. The lowest BCUT2D eigenvalue weighted by Crippen LogP contribution is -2.68. The highest BCUT2D eigenvalue weighted by Gasteiger charge is 2.59. The Morgan fingerprint density at radius 1 is 0.167 bits per heavy atom. The van der Waals surface area contributed by atoms with Gasteiger partial charge in [0.05, 0.1) is 46.2 Å². The van der Waals surface area contributed by atoms with Crippen LogP contribution in [0.5, 0.6) is 0 Å². The fraction of sp³-hybridized carbons (Fsp3) is 1.00. The summed E-state index contributed by atoms with van der Waals surface area (Å²) in [6.07, 6.45) is -70.2. The van der Waals surface area contributed by atoms with Gasteiger partial charge in [-0.1, -0.05) is 0 Å². The fourth-order valence-electron chi connectivity index (χ4n) is 10.4. The summed E-state index contributed by atoms with van der Waals surface area (Å²) >= 11 is 0. The molecule has 0 amide bonds. The van der Waals surface area contributed by atoms with Crippen LogP contribution in [0, 0.1) is 0 Å². The van der Waals surface area contributed by atoms with Gasteiger partial charge in [0.15, 0.2) is 44.0 Å². The highest BCUT2D eigenvalue weighted by molar-refractivity contribution is 5.01. The zero-order valence-corrected chi connectivity index (χ0v) is 40.8. The van der Waals surface area contributed by atoms with Gasteiger partial charge in [-0.3, -0.25) is 0 Å². The first kappa shape index (κ1) is 64.1. The van der Waals surface area contributed by atoms with E-state index in [-0.39, 0.29) is 5.48 Å². The zero-order chi connectivity index (χ0) is 56.1. The largest absolute Gasteiger partial charge is 0.412 e. The maximum absolute atomic E-state index is 11.3. The normalized spacial score (nSPS) is 54.7. The minimum absolute atomic E-state index is 0. The molecule has 78 heavy (non-hydrogen) atoms. The summed E-state index contributed by atoms with van der Waals surface area (Å²) in [7, 11) is 0. The fourth-order valence-corrected chi connectivity index (χ4v) is 10.4. The quantitative estimate of drug-likeness (QED) is 0.113. The Morgan fingerprint density at radius 2 is 0.269 bits per heavy atom. The van der Waals surface area contributed by atoms with Crippen molar-refractivity contribution >= 4 is 0 Å². The summed E-state index contributed by atoms with van der Waals surface area (Å²) in [5.41, 5.74) is 0. The van der Waals surface area contributed by atoms with Crippen LogP contribution in [0.4, 0.5) is 0 Å². The minimum atomic E-state index is -2.21. The maximum Gasteiger partial charge on any atom is 0.187 e. The molecule has 0 aromatic heterocycles. The smallest absolute Gasteiger partial charge is 0.187 e. The molecule has 35 unspecified atom stereocenters. The molecule has 21 saturated heterocycles. The van der Waals surface area contributed by atoms with E-state index in [4.69, 9.17) is 66.3 Å². The SMILES string of the molecule is O.OCC1OC2OC3C(CO)OC(OC4C(CO)OC(OC5C(CO)OC(OC6C(CO)OC(OC7C(CO)OC(OC8C(CO)OC(OC1C(O)C2O)C(O)C8O)C(O)C7O)C(O)C6O)C(O)C5O)C(O)C4O)C(O)C3O. The van der Waals surface area contributed by atoms with Crippen molar-refractivity contribution in [2.24, 2.45) is 0 Å². The van der Waals surface area contributed by atoms with Crippen molar-refractivity contribution in [3.05, 3.63) is 0 Å². The topological polar surface area (TPSA) is 586 Å². The Bertz CT molecular complexity index is 1470. The van der Waals surface area contributed by atoms with Crippen LogP contribution >= 0.6 is 0 Å². The number of hydrogen-bond acceptors (Lipinski definition) is 35. The summed E-state index contributed by atoms with van der Waals surface area (Å²) in [6, 6.07) is 0. The van der Waals surface area contributed by atoms with Gasteiger partial charge >= 0.3 is 0 Å². The van der Waals surface area contributed by atoms with Gasteiger partial charge in [0.1, 0.15) is 171 Å². The Morgan fingerprint density at radius 3 is 0.359 bits per heavy atom. The van der Waals surface area contributed by atoms with E-state index in [1.165, 1.54) is 0 Å². The summed E-state index contributed by atoms with van der Waals surface area (Å²) in [4.78, 5) is 0. The van der Waals surface area contributed by atoms with Crippen molar-refractivity contribution in [2.45, 2.75) is 215 Å². The van der Waals surface area contributed by atoms with E-state index in [1.807, 2.05) is 0 Å². The zero-order valence-electron chi connectivity index (χ0n) is 40.8. The molecule has 21 heterocycles. The van der Waals surface area contributed by atoms with Gasteiger partial charge < -0.3 is 179 Å². The third-order valence-electron chi connectivity index (χ3n) is 14.8. The van der Waals surface area contributed by atoms with Crippen molar-refractivity contribution < 1.29 is 179 Å². The van der Waals surface area contributed by atoms with E-state index in [1.54, 1.807) is 0 Å². The van der Waals surface area contributed by atoms with Gasteiger partial charge in [0.25, 0.3) is 0 Å². The summed E-state index contributed by atoms with van der Waals surface area (Å²) in [5.74, 6) is 0. The molecule has 36 nitrogen and oxygen atoms in total. The lowest BCUT2D eigenvalue weighted by Gasteiger charge is -2.50. The highest BCUT2D eigenvalue weighted by Crippen LogP contribution is 2.39. The van der Waals surface area contributed by atoms with Crippen molar-refractivity contribution in [1.82, 2.24) is 0 Å². The summed E-state index contributed by atoms with van der Waals surface area (Å²) in [6.45, 7) is -7.33. The average Bonchev–Trinajstić information content (AvgIpc) is 3.56. The maximum atomic E-state index is 11.3. The molecule has 0 spiro atoms. The first-order chi connectivity index (χ1) is 36.7. The molecule has 21 aliphatic rings. The monoisotopic (exact) mass is 1150 g/mol. The third-order valence-corrected chi connectivity index (χ3v) is 14.8. The van der Waals surface area contributed by atoms with Gasteiger partial charge in [-0.05, 0) is 0 Å². The Labute approximate surface area is 439 Å². The molecule has 23 N–H and O–H groups in total. The van der Waals surface area contributed by atoms with Crippen LogP contribution in [0.25, 0.3) is 0 Å². The second-order valence-corrected chi connectivity index (χ2v) is 19.7. The molecule has 14 bridgehead atoms. The van der Waals surface area contributed by atoms with E-state index in [0.717, 1.165) is 0 Å². The molecule has 456 valence electrons. The predicted molar refractivity (Wildman–Crippen MR) is 232 cm³/mol. The molecular weight excluding hydrogens is 1080 g/mol. The molecule has 0 aromatic rings. The second-order valence-electron chi connectivity index (χ2n) is 19.7. The van der Waals surface area contributed by atoms with Gasteiger partial charge in [0.2, 0.25) is 0 Å². The molecular formula is C42H72O36. The Balaban J connectivity index is 0.00000882. The van der Waals surface area contributed by atoms with Gasteiger partial charge in [-0.15, -0.1) is 0 Å². The predicted octanol–water partition coefficient (Wildman–Crippen LogP) is -16.1. The molecule has 0 radical (unpaired) electrons. The highest BCUT2D eigenvalue weighted by atomic mass is 16.8. The van der Waals surface area contributed by atoms with E-state index >= 15 is 0 Å². The van der Waals surface area contributed by atoms with Crippen LogP contribution in [0.1, 0.15) is 0 Å². The Kier molecular flexibility index (Phi) is 22.3. The van der Waals surface area contributed by atoms with Crippen molar-refractivity contribution in [2.75, 3.05) is 46.2 Å². The molecule has 36 heteroatoms. The van der Waals surface area contributed by atoms with Crippen molar-refractivity contribution in [3.63, 3.8) is 0 Å². The first-order valence-electron chi connectivity index (χ1n) is 24.6. The van der Waals surface area contributed by atoms with Crippen LogP contribution in [-0.2, 0) is 66.3 Å². The van der Waals surface area contributed by atoms with Gasteiger partial charge in [-0.2, -0.15) is 0 Å². The second kappa shape index (κ2) is 27.1. The standard InChI is InChI=1S/C42H70O35.H2O/c43-1-8-29-15(50)22(57)36(64-8)72-30-9(2-44)66-38(24(59)17(30)52)74-32-11(4-46)68-40(26(61)19(32)54)76-34-13(6-48)70-42(28(63)21(34)56)77-35-14(7-49)69-41(27(62)20(35)55)75-33-12(5-47)67-39(25(60)18(33)53)73-31-10(3-45)65-37(71-29)23(58)16(31)51;/h8-63H,1-7H2;1H2. The molecule has 21 rings (SSSR count). The molecule has 35 atom stereocenters. The van der Waals surface area contributed by atoms with Crippen LogP contribution in [-0.4, -0.2) is 374 Å². The van der Waals surface area contributed by atoms with Crippen molar-refractivity contribution in [1.29, 1.82) is 0 Å². The molecule has 21 fully saturated rings. The van der Waals surface area contributed by atoms with E-state index in [0.29, 0.717) is 0 Å². The van der Waals surface area contributed by atoms with Gasteiger partial charge in [0, 0.05) is 0 Å². The lowest BCUT2D eigenvalue weighted by molar-refractivity contribution is -0.396. The number of aliphatic hydroxyl groups excluding tert-OH is 21. The van der Waals surface area contributed by atoms with E-state index in [9.17, 15) is 107 Å². The average molecular weight is 1150 g/mol. The number of rotatable bonds is 7. The van der Waals surface area contributed by atoms with Crippen LogP contribution in [0.3, 0.4) is 0 Å². The molecule has 0 aliphatic carbocycles. The van der Waals surface area contributed by atoms with E-state index in [2.05, 4.69) is 0 Å². The molecule has 0 aromatic carbocycles. The number of aliphatic hydroxyl groups is 21. The summed E-state index contributed by atoms with van der Waals surface area (Å²) < 4.78 is 79.5. The Hall–Kier alpha value is -1.44. The number of ether oxygens (including phenoxy) is 14. The third kappa shape index (κ3) is 12.4. The van der Waals surface area contributed by atoms with Gasteiger partial charge in [-0.25, -0.2) is 0 Å². The van der Waals surface area contributed by atoms with E-state index < -0.39 is 261 Å². The summed E-state index contributed by atoms with van der Waals surface area (Å²) in [5, 5.41) is 230. The first-order valence-corrected chi connectivity index (χ1v) is 24.6. The lowest BCUT2D eigenvalue weighted by atomic mass is 9.95. The molecule has 0 saturated carbocycles. The van der Waals surface area contributed by atoms with Crippen LogP contribution in [0.15, 0.2) is 0 Å². The van der Waals surface area contributed by atoms with Crippen LogP contribution in [0.2, 0.25) is 0 Å².